The van der Waals surface area contributed by atoms with Crippen LogP contribution >= 0.6 is 0 Å². The molecule has 1 unspecified atom stereocenters. The summed E-state index contributed by atoms with van der Waals surface area (Å²) >= 11 is 0. The van der Waals surface area contributed by atoms with Crippen molar-refractivity contribution in [3.05, 3.63) is 41.6 Å². The molecule has 0 radical (unpaired) electrons. The quantitative estimate of drug-likeness (QED) is 0.788. The van der Waals surface area contributed by atoms with E-state index >= 15 is 0 Å². The second kappa shape index (κ2) is 8.03. The summed E-state index contributed by atoms with van der Waals surface area (Å²) in [6, 6.07) is 9.19. The molecule has 0 bridgehead atoms. The number of hydrogen-bond acceptors (Lipinski definition) is 6. The van der Waals surface area contributed by atoms with Gasteiger partial charge in [0.1, 0.15) is 6.10 Å². The molecule has 7 heteroatoms. The minimum absolute atomic E-state index is 0.0543. The summed E-state index contributed by atoms with van der Waals surface area (Å²) in [5, 5.41) is 8.00. The topological polar surface area (TPSA) is 73.8 Å². The number of benzene rings is 1. The van der Waals surface area contributed by atoms with Crippen LogP contribution in [0.3, 0.4) is 0 Å². The molecule has 1 aliphatic heterocycles. The Bertz CT molecular complexity index is 764. The van der Waals surface area contributed by atoms with Crippen molar-refractivity contribution in [1.29, 1.82) is 0 Å². The number of nitrogens with zero attached hydrogens (tertiary/aromatic N) is 3. The molecule has 1 atom stereocenters. The molecule has 0 aliphatic carbocycles. The first kappa shape index (κ1) is 18.0. The third-order valence-electron chi connectivity index (χ3n) is 4.36. The van der Waals surface area contributed by atoms with E-state index in [2.05, 4.69) is 10.2 Å². The van der Waals surface area contributed by atoms with Gasteiger partial charge in [0.15, 0.2) is 11.5 Å². The van der Waals surface area contributed by atoms with Crippen molar-refractivity contribution in [2.45, 2.75) is 25.9 Å². The maximum Gasteiger partial charge on any atom is 0.233 e. The number of amides is 1. The van der Waals surface area contributed by atoms with E-state index in [-0.39, 0.29) is 12.0 Å². The average molecular weight is 357 g/mol. The summed E-state index contributed by atoms with van der Waals surface area (Å²) in [6.07, 6.45) is 1.05. The zero-order chi connectivity index (χ0) is 18.5. The van der Waals surface area contributed by atoms with E-state index in [1.807, 2.05) is 36.1 Å². The molecular formula is C19H23N3O4. The Hall–Kier alpha value is -2.83. The van der Waals surface area contributed by atoms with Gasteiger partial charge < -0.3 is 19.1 Å². The Balaban J connectivity index is 1.56. The van der Waals surface area contributed by atoms with E-state index in [9.17, 15) is 4.79 Å². The lowest BCUT2D eigenvalue weighted by Crippen LogP contribution is -2.32. The van der Waals surface area contributed by atoms with Crippen LogP contribution in [0.4, 0.5) is 0 Å². The standard InChI is InChI=1S/C19H23N3O4/c1-13-4-7-18(21-20-13)26-15-8-9-22(12-15)19(23)11-14-5-6-16(24-2)17(10-14)25-3/h4-7,10,15H,8-9,11-12H2,1-3H3. The molecule has 0 spiro atoms. The highest BCUT2D eigenvalue weighted by Gasteiger charge is 2.28. The van der Waals surface area contributed by atoms with Crippen LogP contribution in [-0.4, -0.2) is 54.4 Å². The van der Waals surface area contributed by atoms with Gasteiger partial charge in [-0.2, -0.15) is 5.10 Å². The second-order valence-corrected chi connectivity index (χ2v) is 6.25. The van der Waals surface area contributed by atoms with Gasteiger partial charge in [-0.1, -0.05) is 6.07 Å². The van der Waals surface area contributed by atoms with Crippen LogP contribution < -0.4 is 14.2 Å². The van der Waals surface area contributed by atoms with E-state index < -0.39 is 0 Å². The Morgan fingerprint density at radius 3 is 2.65 bits per heavy atom. The number of rotatable bonds is 6. The van der Waals surface area contributed by atoms with Crippen molar-refractivity contribution < 1.29 is 19.0 Å². The largest absolute Gasteiger partial charge is 0.493 e. The predicted octanol–water partition coefficient (Wildman–Crippen LogP) is 2.02. The van der Waals surface area contributed by atoms with Gasteiger partial charge in [-0.05, 0) is 30.7 Å². The van der Waals surface area contributed by atoms with Gasteiger partial charge in [0, 0.05) is 19.0 Å². The van der Waals surface area contributed by atoms with Crippen LogP contribution in [0.1, 0.15) is 17.7 Å². The van der Waals surface area contributed by atoms with Crippen molar-refractivity contribution in [1.82, 2.24) is 15.1 Å². The van der Waals surface area contributed by atoms with Crippen LogP contribution in [0, 0.1) is 6.92 Å². The van der Waals surface area contributed by atoms with Crippen LogP contribution in [0.5, 0.6) is 17.4 Å². The number of methoxy groups -OCH3 is 2. The fraction of sp³-hybridized carbons (Fsp3) is 0.421. The van der Waals surface area contributed by atoms with Crippen LogP contribution in [-0.2, 0) is 11.2 Å². The highest BCUT2D eigenvalue weighted by atomic mass is 16.5. The van der Waals surface area contributed by atoms with Crippen molar-refractivity contribution in [2.24, 2.45) is 0 Å². The highest BCUT2D eigenvalue weighted by molar-refractivity contribution is 5.79. The number of ether oxygens (including phenoxy) is 3. The molecule has 2 heterocycles. The van der Waals surface area contributed by atoms with Gasteiger partial charge >= 0.3 is 0 Å². The fourth-order valence-corrected chi connectivity index (χ4v) is 2.95. The minimum atomic E-state index is -0.0543. The number of carbonyl (C=O) groups is 1. The number of aromatic nitrogens is 2. The van der Waals surface area contributed by atoms with Gasteiger partial charge in [-0.25, -0.2) is 0 Å². The summed E-state index contributed by atoms with van der Waals surface area (Å²) in [7, 11) is 3.17. The summed E-state index contributed by atoms with van der Waals surface area (Å²) in [5.41, 5.74) is 1.73. The number of likely N-dealkylation sites (tertiary alicyclic amines) is 1. The first-order chi connectivity index (χ1) is 12.6. The van der Waals surface area contributed by atoms with E-state index in [0.717, 1.165) is 17.7 Å². The predicted molar refractivity (Wildman–Crippen MR) is 95.6 cm³/mol. The smallest absolute Gasteiger partial charge is 0.233 e. The molecule has 1 amide bonds. The molecule has 3 rings (SSSR count). The summed E-state index contributed by atoms with van der Waals surface area (Å²) in [5.74, 6) is 1.84. The first-order valence-corrected chi connectivity index (χ1v) is 8.54. The molecule has 1 fully saturated rings. The maximum absolute atomic E-state index is 12.6. The lowest BCUT2D eigenvalue weighted by Gasteiger charge is -2.17. The molecule has 1 aromatic carbocycles. The van der Waals surface area contributed by atoms with E-state index in [0.29, 0.717) is 36.9 Å². The van der Waals surface area contributed by atoms with Crippen molar-refractivity contribution >= 4 is 5.91 Å². The van der Waals surface area contributed by atoms with E-state index in [4.69, 9.17) is 14.2 Å². The van der Waals surface area contributed by atoms with Crippen LogP contribution in [0.15, 0.2) is 30.3 Å². The number of hydrogen-bond donors (Lipinski definition) is 0. The molecule has 0 N–H and O–H groups in total. The third-order valence-corrected chi connectivity index (χ3v) is 4.36. The molecule has 1 aliphatic rings. The summed E-state index contributed by atoms with van der Waals surface area (Å²) in [4.78, 5) is 14.4. The second-order valence-electron chi connectivity index (χ2n) is 6.25. The molecule has 26 heavy (non-hydrogen) atoms. The van der Waals surface area contributed by atoms with E-state index in [1.165, 1.54) is 0 Å². The van der Waals surface area contributed by atoms with Gasteiger partial charge in [0.05, 0.1) is 32.9 Å². The summed E-state index contributed by atoms with van der Waals surface area (Å²) in [6.45, 7) is 3.11. The summed E-state index contributed by atoms with van der Waals surface area (Å²) < 4.78 is 16.3. The molecule has 0 saturated carbocycles. The van der Waals surface area contributed by atoms with Crippen molar-refractivity contribution in [3.63, 3.8) is 0 Å². The van der Waals surface area contributed by atoms with Gasteiger partial charge in [-0.3, -0.25) is 4.79 Å². The van der Waals surface area contributed by atoms with Crippen molar-refractivity contribution in [2.75, 3.05) is 27.3 Å². The Morgan fingerprint density at radius 1 is 1.15 bits per heavy atom. The normalized spacial score (nSPS) is 16.4. The third kappa shape index (κ3) is 4.22. The maximum atomic E-state index is 12.6. The fourth-order valence-electron chi connectivity index (χ4n) is 2.95. The molecular weight excluding hydrogens is 334 g/mol. The highest BCUT2D eigenvalue weighted by Crippen LogP contribution is 2.28. The lowest BCUT2D eigenvalue weighted by molar-refractivity contribution is -0.129. The van der Waals surface area contributed by atoms with Gasteiger partial charge in [-0.15, -0.1) is 5.10 Å². The minimum Gasteiger partial charge on any atom is -0.493 e. The first-order valence-electron chi connectivity index (χ1n) is 8.54. The molecule has 138 valence electrons. The van der Waals surface area contributed by atoms with E-state index in [1.54, 1.807) is 20.3 Å². The number of carbonyl (C=O) groups excluding carboxylic acids is 1. The lowest BCUT2D eigenvalue weighted by atomic mass is 10.1. The Labute approximate surface area is 152 Å². The van der Waals surface area contributed by atoms with Gasteiger partial charge in [0.2, 0.25) is 11.8 Å². The van der Waals surface area contributed by atoms with Crippen LogP contribution in [0.2, 0.25) is 0 Å². The van der Waals surface area contributed by atoms with Crippen LogP contribution in [0.25, 0.3) is 0 Å². The molecule has 2 aromatic rings. The monoisotopic (exact) mass is 357 g/mol. The molecule has 1 aromatic heterocycles. The number of aryl methyl sites for hydroxylation is 1. The SMILES string of the molecule is COc1ccc(CC(=O)N2CCC(Oc3ccc(C)nn3)C2)cc1OC. The van der Waals surface area contributed by atoms with Gasteiger partial charge in [0.25, 0.3) is 0 Å². The molecule has 1 saturated heterocycles. The Kier molecular flexibility index (Phi) is 5.55. The van der Waals surface area contributed by atoms with Crippen molar-refractivity contribution in [3.8, 4) is 17.4 Å². The average Bonchev–Trinajstić information content (AvgIpc) is 3.12. The zero-order valence-corrected chi connectivity index (χ0v) is 15.3. The molecule has 7 nitrogen and oxygen atoms in total. The Morgan fingerprint density at radius 2 is 1.96 bits per heavy atom. The zero-order valence-electron chi connectivity index (χ0n) is 15.3.